The van der Waals surface area contributed by atoms with Gasteiger partial charge >= 0.3 is 5.69 Å². The van der Waals surface area contributed by atoms with E-state index in [2.05, 4.69) is 16.9 Å². The number of aryl methyl sites for hydroxylation is 1. The molecule has 1 aromatic heterocycles. The second-order valence-electron chi connectivity index (χ2n) is 5.62. The Labute approximate surface area is 128 Å². The Bertz CT molecular complexity index is 628. The highest BCUT2D eigenvalue weighted by Crippen LogP contribution is 2.18. The zero-order valence-electron chi connectivity index (χ0n) is 13.0. The van der Waals surface area contributed by atoms with Crippen LogP contribution in [0.1, 0.15) is 24.6 Å². The Balaban J connectivity index is 0.000000246. The third-order valence-corrected chi connectivity index (χ3v) is 3.73. The molecule has 0 bridgehead atoms. The van der Waals surface area contributed by atoms with E-state index < -0.39 is 23.6 Å². The number of aromatic amines is 1. The number of likely N-dealkylation sites (tertiary alicyclic amines) is 1. The molecule has 0 aliphatic carbocycles. The van der Waals surface area contributed by atoms with Crippen LogP contribution in [0.3, 0.4) is 0 Å². The van der Waals surface area contributed by atoms with Crippen molar-refractivity contribution in [3.63, 3.8) is 0 Å². The van der Waals surface area contributed by atoms with Crippen LogP contribution in [0.5, 0.6) is 0 Å². The zero-order valence-corrected chi connectivity index (χ0v) is 13.0. The predicted molar refractivity (Wildman–Crippen MR) is 82.9 cm³/mol. The van der Waals surface area contributed by atoms with Crippen LogP contribution in [-0.2, 0) is 4.74 Å². The summed E-state index contributed by atoms with van der Waals surface area (Å²) >= 11 is 0. The molecule has 0 amide bonds. The van der Waals surface area contributed by atoms with E-state index in [0.717, 1.165) is 0 Å². The monoisotopic (exact) mass is 309 g/mol. The first-order valence-electron chi connectivity index (χ1n) is 7.46. The minimum atomic E-state index is -0.569. The molecule has 3 heterocycles. The van der Waals surface area contributed by atoms with Gasteiger partial charge in [-0.25, -0.2) is 4.79 Å². The number of rotatable bonds is 2. The summed E-state index contributed by atoms with van der Waals surface area (Å²) in [5.41, 5.74) is -0.491. The summed E-state index contributed by atoms with van der Waals surface area (Å²) in [6, 6.07) is 0. The molecule has 1 aromatic rings. The van der Waals surface area contributed by atoms with Crippen molar-refractivity contribution in [2.45, 2.75) is 32.1 Å². The average Bonchev–Trinajstić information content (AvgIpc) is 3.14. The van der Waals surface area contributed by atoms with Gasteiger partial charge in [-0.15, -0.1) is 0 Å². The second-order valence-corrected chi connectivity index (χ2v) is 5.62. The van der Waals surface area contributed by atoms with Crippen LogP contribution in [-0.4, -0.2) is 52.4 Å². The van der Waals surface area contributed by atoms with Gasteiger partial charge in [0.15, 0.2) is 6.23 Å². The number of ether oxygens (including phenoxy) is 1. The summed E-state index contributed by atoms with van der Waals surface area (Å²) in [6.45, 7) is 4.11. The summed E-state index contributed by atoms with van der Waals surface area (Å²) in [7, 11) is 2.17. The molecule has 0 saturated carbocycles. The molecule has 0 spiro atoms. The molecule has 1 fully saturated rings. The smallest absolute Gasteiger partial charge is 0.330 e. The van der Waals surface area contributed by atoms with Gasteiger partial charge in [-0.05, 0) is 46.0 Å². The summed E-state index contributed by atoms with van der Waals surface area (Å²) in [5.74, 6) is 0. The fourth-order valence-corrected chi connectivity index (χ4v) is 2.40. The lowest BCUT2D eigenvalue weighted by Crippen LogP contribution is -2.33. The lowest BCUT2D eigenvalue weighted by molar-refractivity contribution is -0.0104. The molecule has 22 heavy (non-hydrogen) atoms. The van der Waals surface area contributed by atoms with Crippen LogP contribution in [0.15, 0.2) is 27.9 Å². The first-order valence-corrected chi connectivity index (χ1v) is 7.46. The number of hydrogen-bond donors (Lipinski definition) is 2. The Morgan fingerprint density at radius 1 is 1.32 bits per heavy atom. The fourth-order valence-electron chi connectivity index (χ4n) is 2.40. The van der Waals surface area contributed by atoms with E-state index in [-0.39, 0.29) is 6.61 Å². The van der Waals surface area contributed by atoms with Gasteiger partial charge in [0.05, 0.1) is 6.61 Å². The maximum absolute atomic E-state index is 11.5. The van der Waals surface area contributed by atoms with Crippen LogP contribution in [0.25, 0.3) is 0 Å². The van der Waals surface area contributed by atoms with Crippen molar-refractivity contribution < 1.29 is 9.84 Å². The van der Waals surface area contributed by atoms with Crippen LogP contribution in [0.4, 0.5) is 0 Å². The van der Waals surface area contributed by atoms with Crippen molar-refractivity contribution in [2.24, 2.45) is 0 Å². The standard InChI is InChI=1S/C10H12N2O4.C5H11N/c1-6-4-12(10(15)11-9(6)14)8-3-2-7(5-13)16-8;1-6-4-2-3-5-6/h2-4,7-8,13H,5H2,1H3,(H,11,14,15);2-5H2,1H3. The lowest BCUT2D eigenvalue weighted by Gasteiger charge is -2.14. The maximum Gasteiger partial charge on any atom is 0.330 e. The number of aliphatic hydroxyl groups is 1. The van der Waals surface area contributed by atoms with Crippen LogP contribution in [0, 0.1) is 6.92 Å². The van der Waals surface area contributed by atoms with E-state index in [0.29, 0.717) is 5.56 Å². The molecule has 0 radical (unpaired) electrons. The van der Waals surface area contributed by atoms with Gasteiger partial charge in [-0.2, -0.15) is 0 Å². The molecule has 2 aliphatic rings. The maximum atomic E-state index is 11.5. The summed E-state index contributed by atoms with van der Waals surface area (Å²) in [4.78, 5) is 27.2. The molecule has 3 rings (SSSR count). The number of nitrogens with one attached hydrogen (secondary N) is 1. The van der Waals surface area contributed by atoms with Crippen LogP contribution in [0.2, 0.25) is 0 Å². The average molecular weight is 309 g/mol. The summed E-state index contributed by atoms with van der Waals surface area (Å²) < 4.78 is 6.63. The Morgan fingerprint density at radius 3 is 2.50 bits per heavy atom. The van der Waals surface area contributed by atoms with Crippen molar-refractivity contribution in [1.82, 2.24) is 14.5 Å². The molecule has 122 valence electrons. The highest BCUT2D eigenvalue weighted by molar-refractivity contribution is 5.06. The van der Waals surface area contributed by atoms with E-state index in [1.807, 2.05) is 0 Å². The number of aromatic nitrogens is 2. The molecule has 2 atom stereocenters. The molecule has 0 aromatic carbocycles. The topological polar surface area (TPSA) is 87.6 Å². The number of hydrogen-bond acceptors (Lipinski definition) is 5. The highest BCUT2D eigenvalue weighted by Gasteiger charge is 2.20. The quantitative estimate of drug-likeness (QED) is 0.751. The van der Waals surface area contributed by atoms with Crippen molar-refractivity contribution in [1.29, 1.82) is 0 Å². The Kier molecular flexibility index (Phi) is 5.70. The number of aliphatic hydroxyl groups excluding tert-OH is 1. The first kappa shape index (κ1) is 16.7. The summed E-state index contributed by atoms with van der Waals surface area (Å²) in [6.07, 6.45) is 6.64. The van der Waals surface area contributed by atoms with Gasteiger partial charge in [0, 0.05) is 11.8 Å². The van der Waals surface area contributed by atoms with Crippen LogP contribution < -0.4 is 11.2 Å². The van der Waals surface area contributed by atoms with Gasteiger partial charge in [-0.1, -0.05) is 6.08 Å². The summed E-state index contributed by atoms with van der Waals surface area (Å²) in [5, 5.41) is 8.88. The molecular formula is C15H23N3O4. The molecule has 1 saturated heterocycles. The third kappa shape index (κ3) is 4.16. The van der Waals surface area contributed by atoms with Gasteiger partial charge in [0.1, 0.15) is 6.10 Å². The largest absolute Gasteiger partial charge is 0.393 e. The van der Waals surface area contributed by atoms with E-state index in [9.17, 15) is 9.59 Å². The van der Waals surface area contributed by atoms with E-state index in [1.54, 1.807) is 19.1 Å². The molecule has 7 heteroatoms. The van der Waals surface area contributed by atoms with Crippen LogP contribution >= 0.6 is 0 Å². The molecule has 2 N–H and O–H groups in total. The molecule has 2 unspecified atom stereocenters. The van der Waals surface area contributed by atoms with Crippen molar-refractivity contribution >= 4 is 0 Å². The second kappa shape index (κ2) is 7.53. The van der Waals surface area contributed by atoms with Gasteiger partial charge in [0.25, 0.3) is 5.56 Å². The van der Waals surface area contributed by atoms with Crippen molar-refractivity contribution in [2.75, 3.05) is 26.7 Å². The van der Waals surface area contributed by atoms with Crippen molar-refractivity contribution in [3.05, 3.63) is 44.8 Å². The normalized spacial score (nSPS) is 24.3. The van der Waals surface area contributed by atoms with Gasteiger partial charge in [0.2, 0.25) is 0 Å². The minimum absolute atomic E-state index is 0.135. The number of H-pyrrole nitrogens is 1. The van der Waals surface area contributed by atoms with Gasteiger partial charge in [-0.3, -0.25) is 14.3 Å². The SMILES string of the molecule is CN1CCCC1.Cc1cn(C2C=CC(CO)O2)c(=O)[nH]c1=O. The van der Waals surface area contributed by atoms with E-state index >= 15 is 0 Å². The molecule has 2 aliphatic heterocycles. The minimum Gasteiger partial charge on any atom is -0.393 e. The fraction of sp³-hybridized carbons (Fsp3) is 0.600. The zero-order chi connectivity index (χ0) is 16.1. The highest BCUT2D eigenvalue weighted by atomic mass is 16.5. The molecule has 7 nitrogen and oxygen atoms in total. The van der Waals surface area contributed by atoms with Crippen molar-refractivity contribution in [3.8, 4) is 0 Å². The Morgan fingerprint density at radius 2 is 2.00 bits per heavy atom. The van der Waals surface area contributed by atoms with Gasteiger partial charge < -0.3 is 14.7 Å². The lowest BCUT2D eigenvalue weighted by atomic mass is 10.3. The van der Waals surface area contributed by atoms with E-state index in [4.69, 9.17) is 9.84 Å². The Hall–Kier alpha value is -1.70. The third-order valence-electron chi connectivity index (χ3n) is 3.73. The predicted octanol–water partition coefficient (Wildman–Crippen LogP) is 0.00292. The van der Waals surface area contributed by atoms with E-state index in [1.165, 1.54) is 36.7 Å². The molecular weight excluding hydrogens is 286 g/mol. The first-order chi connectivity index (χ1) is 10.5. The number of nitrogens with zero attached hydrogens (tertiary/aromatic N) is 2.